The number of hydroxylamine groups is 1. The van der Waals surface area contributed by atoms with Gasteiger partial charge in [0.25, 0.3) is 0 Å². The van der Waals surface area contributed by atoms with Crippen LogP contribution in [0.15, 0.2) is 82.9 Å². The summed E-state index contributed by atoms with van der Waals surface area (Å²) in [4.78, 5) is 12.2. The van der Waals surface area contributed by atoms with Gasteiger partial charge in [-0.15, -0.1) is 11.8 Å². The highest BCUT2D eigenvalue weighted by molar-refractivity contribution is 5.77. The van der Waals surface area contributed by atoms with Crippen LogP contribution in [0.5, 0.6) is 0 Å². The lowest BCUT2D eigenvalue weighted by Gasteiger charge is -2.12. The predicted octanol–water partition coefficient (Wildman–Crippen LogP) is 24.7. The first kappa shape index (κ1) is 133. The minimum absolute atomic E-state index is 0.0385. The first-order valence-electron chi connectivity index (χ1n) is 41.3. The van der Waals surface area contributed by atoms with E-state index in [9.17, 15) is 0 Å². The van der Waals surface area contributed by atoms with Gasteiger partial charge in [-0.1, -0.05) is 291 Å². The van der Waals surface area contributed by atoms with Crippen LogP contribution >= 0.6 is 0 Å². The lowest BCUT2D eigenvalue weighted by Crippen LogP contribution is -2.11. The lowest BCUT2D eigenvalue weighted by molar-refractivity contribution is 0.181. The standard InChI is InChI=1S/C9H18N2.C9H16N2.C9H19N.C9H17N.C9H18.C9H16.2C8H17N.C8H15N.C8H16.C8H14.C7H13NO/c2*1-8(10)11-7-5-6-9(2,3)4;2*1-9(2,3)7-6-8-10(4)5;2*1-5-6-7-8-9(2,3)4;3*1-8(2,3)6-5-7-9-4;2*1-5-6-7-8(2,3)4;1-7(2,3)5-4-6-8-9/h5-6H,7H2,1-4H3,(H2,10,11);7H2,1-4H3,(H2,10,11);6-7H,8H2,1-5H3;8H2,1-5H3;7-8H,5-6H2,1-4H3;5-6H2,1-4H3;2*5-6,9H,7H2,1-4H3;9H,7H2,1-4H3;6-7H,5H2,1-4H3;5H2,1-4H3;8-9H,6H2,1-3H3/b6-5+;;7-6+;;8-7+;;2*6-5+;;7-6+;;. The molecule has 0 aliphatic carbocycles. The molecule has 0 aliphatic rings. The van der Waals surface area contributed by atoms with Crippen molar-refractivity contribution >= 4 is 11.7 Å². The number of rotatable bonds is 16. The fourth-order valence-corrected chi connectivity index (χ4v) is 5.84. The molecule has 11 heteroatoms. The molecule has 112 heavy (non-hydrogen) atoms. The van der Waals surface area contributed by atoms with Crippen LogP contribution in [-0.4, -0.2) is 128 Å². The number of hydrogen-bond acceptors (Lipinski definition) is 9. The van der Waals surface area contributed by atoms with E-state index in [0.717, 1.165) is 52.0 Å². The number of nitrogens with zero attached hydrogens (tertiary/aromatic N) is 4. The number of hydrogen-bond donors (Lipinski definition) is 7. The maximum absolute atomic E-state index is 8.11. The van der Waals surface area contributed by atoms with E-state index in [1.165, 1.54) is 19.3 Å². The Balaban J connectivity index is -0.0000000975. The monoisotopic (exact) mass is 1570 g/mol. The van der Waals surface area contributed by atoms with Gasteiger partial charge in [0.1, 0.15) is 6.54 Å². The Kier molecular flexibility index (Phi) is 90.9. The number of allylic oxidation sites excluding steroid dienone is 8. The molecule has 0 atom stereocenters. The second-order valence-corrected chi connectivity index (χ2v) is 40.6. The molecule has 0 fully saturated rings. The molecule has 0 rings (SSSR count). The Bertz CT molecular complexity index is 2650. The van der Waals surface area contributed by atoms with Crippen molar-refractivity contribution in [2.45, 2.75) is 329 Å². The SMILES string of the molecule is CC(C)(C)C#CCNO.CC(N)=NC/C=C/C(C)(C)C.CC(N)=NCC#CC(C)(C)C.CC/C=C/C(C)(C)C.CCC#CC(C)(C)C.CCC/C=C/C(C)(C)C.CCCC#CC(C)(C)C.CN(C)C/C=C/C(C)(C)C.CN(C)CC#CC(C)(C)C.CNC/C=C/C(C)(C)C.CNC/C=C/C(C)(C)C.CNCC#CC(C)(C)C. The highest BCUT2D eigenvalue weighted by atomic mass is 16.5. The van der Waals surface area contributed by atoms with Crippen molar-refractivity contribution in [1.82, 2.24) is 31.2 Å². The topological polar surface area (TPSA) is 152 Å². The van der Waals surface area contributed by atoms with E-state index in [4.69, 9.17) is 16.7 Å². The Hall–Kier alpha value is -5.54. The average molecular weight is 1570 g/mol. The number of unbranched alkanes of at least 4 members (excludes halogenated alkanes) is 2. The van der Waals surface area contributed by atoms with Gasteiger partial charge in [0.15, 0.2) is 0 Å². The molecule has 0 aliphatic heterocycles. The number of aliphatic imine (C=N–C) groups is 2. The third-order valence-corrected chi connectivity index (χ3v) is 10.5. The summed E-state index contributed by atoms with van der Waals surface area (Å²) < 4.78 is 0. The smallest absolute Gasteiger partial charge is 0.102 e. The van der Waals surface area contributed by atoms with E-state index < -0.39 is 0 Å². The molecule has 0 amide bonds. The molecule has 656 valence electrons. The summed E-state index contributed by atoms with van der Waals surface area (Å²) in [6.45, 7) is 95.6. The van der Waals surface area contributed by atoms with Crippen molar-refractivity contribution in [2.24, 2.45) is 86.4 Å². The van der Waals surface area contributed by atoms with Crippen LogP contribution in [0.25, 0.3) is 0 Å². The van der Waals surface area contributed by atoms with Gasteiger partial charge in [-0.3, -0.25) is 14.9 Å². The van der Waals surface area contributed by atoms with E-state index in [1.807, 2.05) is 67.6 Å². The molecule has 0 bridgehead atoms. The summed E-state index contributed by atoms with van der Waals surface area (Å²) >= 11 is 0. The van der Waals surface area contributed by atoms with Crippen molar-refractivity contribution in [3.05, 3.63) is 72.9 Å². The highest BCUT2D eigenvalue weighted by Gasteiger charge is 2.09. The normalized spacial score (nSPS) is 12.0. The van der Waals surface area contributed by atoms with Crippen LogP contribution in [0.2, 0.25) is 0 Å². The van der Waals surface area contributed by atoms with Gasteiger partial charge in [0, 0.05) is 65.0 Å². The lowest BCUT2D eigenvalue weighted by atomic mass is 9.96. The van der Waals surface area contributed by atoms with Crippen molar-refractivity contribution in [3.63, 3.8) is 0 Å². The van der Waals surface area contributed by atoms with Crippen molar-refractivity contribution < 1.29 is 5.21 Å². The molecule has 9 N–H and O–H groups in total. The minimum atomic E-state index is 0.0385. The van der Waals surface area contributed by atoms with Crippen molar-refractivity contribution in [1.29, 1.82) is 0 Å². The van der Waals surface area contributed by atoms with Gasteiger partial charge < -0.3 is 37.5 Å². The first-order valence-corrected chi connectivity index (χ1v) is 41.3. The Labute approximate surface area is 705 Å². The van der Waals surface area contributed by atoms with Gasteiger partial charge in [0.2, 0.25) is 0 Å². The van der Waals surface area contributed by atoms with E-state index in [-0.39, 0.29) is 37.9 Å². The predicted molar refractivity (Wildman–Crippen MR) is 518 cm³/mol. The Morgan fingerprint density at radius 3 is 0.938 bits per heavy atom. The second kappa shape index (κ2) is 76.7. The summed E-state index contributed by atoms with van der Waals surface area (Å²) in [5, 5.41) is 17.2. The quantitative estimate of drug-likeness (QED) is 0.0263. The van der Waals surface area contributed by atoms with E-state index in [0.29, 0.717) is 58.4 Å². The molecule has 0 spiro atoms. The molecule has 0 radical (unpaired) electrons. The Morgan fingerprint density at radius 2 is 0.670 bits per heavy atom. The van der Waals surface area contributed by atoms with Gasteiger partial charge in [0.05, 0.1) is 37.9 Å². The Morgan fingerprint density at radius 1 is 0.357 bits per heavy atom. The zero-order chi connectivity index (χ0) is 91.4. The number of nitrogens with one attached hydrogen (secondary N) is 4. The first-order chi connectivity index (χ1) is 50.2. The van der Waals surface area contributed by atoms with Gasteiger partial charge in [-0.25, -0.2) is 0 Å². The van der Waals surface area contributed by atoms with Crippen LogP contribution in [0.4, 0.5) is 0 Å². The molecule has 0 unspecified atom stereocenters. The molecule has 0 aromatic heterocycles. The third-order valence-electron chi connectivity index (χ3n) is 10.5. The number of likely N-dealkylation sites (N-methyl/N-ethyl adjacent to an activating group) is 3. The summed E-state index contributed by atoms with van der Waals surface area (Å²) in [6, 6.07) is 0. The third kappa shape index (κ3) is 225. The van der Waals surface area contributed by atoms with Gasteiger partial charge >= 0.3 is 0 Å². The molecule has 0 heterocycles. The van der Waals surface area contributed by atoms with Gasteiger partial charge in [-0.2, -0.15) is 5.48 Å². The van der Waals surface area contributed by atoms with Crippen LogP contribution in [0.3, 0.4) is 0 Å². The maximum atomic E-state index is 8.11. The molecule has 0 aromatic carbocycles. The summed E-state index contributed by atoms with van der Waals surface area (Å²) in [5.74, 6) is 37.8. The largest absolute Gasteiger partial charge is 0.388 e. The van der Waals surface area contributed by atoms with E-state index in [2.05, 4.69) is 444 Å². The van der Waals surface area contributed by atoms with Crippen LogP contribution in [0, 0.1) is 136 Å². The van der Waals surface area contributed by atoms with Crippen molar-refractivity contribution in [2.75, 3.05) is 102 Å². The molecule has 0 saturated heterocycles. The fraction of sp³-hybridized carbons (Fsp3) is 0.743. The molecular formula is C101H196N10O. The molecular weight excluding hydrogens is 1370 g/mol. The molecule has 0 aromatic rings. The molecule has 11 nitrogen and oxygen atoms in total. The van der Waals surface area contributed by atoms with Crippen LogP contribution in [0.1, 0.15) is 329 Å². The van der Waals surface area contributed by atoms with Crippen LogP contribution in [-0.2, 0) is 0 Å². The summed E-state index contributed by atoms with van der Waals surface area (Å²) in [6.07, 6.45) is 33.2. The highest BCUT2D eigenvalue weighted by Crippen LogP contribution is 2.19. The zero-order valence-electron chi connectivity index (χ0n) is 84.2. The fourth-order valence-electron chi connectivity index (χ4n) is 5.84. The number of amidine groups is 2. The average Bonchev–Trinajstić information content (AvgIpc) is 0.977. The molecule has 0 saturated carbocycles. The number of nitrogens with two attached hydrogens (primary N) is 2. The van der Waals surface area contributed by atoms with Crippen molar-refractivity contribution in [3.8, 4) is 71.0 Å². The van der Waals surface area contributed by atoms with E-state index in [1.54, 1.807) is 13.8 Å². The summed E-state index contributed by atoms with van der Waals surface area (Å²) in [5.41, 5.74) is 15.4. The maximum Gasteiger partial charge on any atom is 0.102 e. The van der Waals surface area contributed by atoms with Gasteiger partial charge in [-0.05, 0) is 240 Å². The minimum Gasteiger partial charge on any atom is -0.388 e. The van der Waals surface area contributed by atoms with E-state index >= 15 is 0 Å². The zero-order valence-corrected chi connectivity index (χ0v) is 84.2. The van der Waals surface area contributed by atoms with Crippen LogP contribution < -0.4 is 32.9 Å². The summed E-state index contributed by atoms with van der Waals surface area (Å²) in [7, 11) is 14.0. The second-order valence-electron chi connectivity index (χ2n) is 40.6.